The van der Waals surface area contributed by atoms with Gasteiger partial charge in [-0.25, -0.2) is 15.0 Å². The van der Waals surface area contributed by atoms with Crippen molar-refractivity contribution < 1.29 is 5.11 Å². The fourth-order valence-corrected chi connectivity index (χ4v) is 2.52. The van der Waals surface area contributed by atoms with Crippen molar-refractivity contribution in [1.82, 2.24) is 19.5 Å². The van der Waals surface area contributed by atoms with E-state index in [0.29, 0.717) is 11.1 Å². The summed E-state index contributed by atoms with van der Waals surface area (Å²) in [5, 5.41) is 10.6. The normalized spacial score (nSPS) is 11.3. The van der Waals surface area contributed by atoms with Crippen LogP contribution in [0.5, 0.6) is 0 Å². The molecule has 2 rings (SSSR count). The maximum Gasteiger partial charge on any atom is 0.195 e. The van der Waals surface area contributed by atoms with Gasteiger partial charge in [0.05, 0.1) is 18.5 Å². The smallest absolute Gasteiger partial charge is 0.195 e. The van der Waals surface area contributed by atoms with E-state index in [0.717, 1.165) is 22.2 Å². The van der Waals surface area contributed by atoms with Gasteiger partial charge in [-0.2, -0.15) is 0 Å². The summed E-state index contributed by atoms with van der Waals surface area (Å²) >= 11 is 1.41. The van der Waals surface area contributed by atoms with Crippen LogP contribution >= 0.6 is 11.8 Å². The predicted octanol–water partition coefficient (Wildman–Crippen LogP) is 2.29. The van der Waals surface area contributed by atoms with Gasteiger partial charge < -0.3 is 9.67 Å². The molecule has 2 aromatic rings. The highest BCUT2D eigenvalue weighted by atomic mass is 32.2. The molecule has 0 aliphatic heterocycles. The molecule has 0 unspecified atom stereocenters. The SMILES string of the molecule is Cc1cc(C(C)C)nc(Sc2ncc(CO)n2C)n1. The summed E-state index contributed by atoms with van der Waals surface area (Å²) < 4.78 is 1.85. The Kier molecular flexibility index (Phi) is 4.21. The van der Waals surface area contributed by atoms with Crippen LogP contribution in [0.25, 0.3) is 0 Å². The first kappa shape index (κ1) is 14.0. The zero-order chi connectivity index (χ0) is 14.0. The Hall–Kier alpha value is -1.40. The van der Waals surface area contributed by atoms with E-state index in [1.807, 2.05) is 24.6 Å². The molecule has 2 aromatic heterocycles. The van der Waals surface area contributed by atoms with Crippen LogP contribution < -0.4 is 0 Å². The molecule has 0 bridgehead atoms. The minimum absolute atomic E-state index is 0.0179. The van der Waals surface area contributed by atoms with Crippen molar-refractivity contribution in [2.75, 3.05) is 0 Å². The van der Waals surface area contributed by atoms with Crippen molar-refractivity contribution in [1.29, 1.82) is 0 Å². The molecule has 0 spiro atoms. The van der Waals surface area contributed by atoms with Crippen molar-refractivity contribution >= 4 is 11.8 Å². The first-order valence-electron chi connectivity index (χ1n) is 6.16. The Morgan fingerprint density at radius 2 is 2.11 bits per heavy atom. The van der Waals surface area contributed by atoms with Gasteiger partial charge in [-0.3, -0.25) is 0 Å². The molecule has 0 radical (unpaired) electrons. The monoisotopic (exact) mass is 278 g/mol. The minimum atomic E-state index is -0.0179. The zero-order valence-corrected chi connectivity index (χ0v) is 12.4. The Labute approximate surface area is 117 Å². The summed E-state index contributed by atoms with van der Waals surface area (Å²) in [5.41, 5.74) is 2.77. The van der Waals surface area contributed by atoms with Gasteiger partial charge in [-0.1, -0.05) is 13.8 Å². The van der Waals surface area contributed by atoms with Crippen molar-refractivity contribution in [3.63, 3.8) is 0 Å². The highest BCUT2D eigenvalue weighted by Gasteiger charge is 2.11. The molecular weight excluding hydrogens is 260 g/mol. The predicted molar refractivity (Wildman–Crippen MR) is 74.1 cm³/mol. The maximum absolute atomic E-state index is 9.16. The molecule has 0 aliphatic rings. The Balaban J connectivity index is 2.30. The molecule has 0 aromatic carbocycles. The van der Waals surface area contributed by atoms with E-state index >= 15 is 0 Å². The maximum atomic E-state index is 9.16. The molecule has 0 saturated carbocycles. The molecular formula is C13H18N4OS. The van der Waals surface area contributed by atoms with Gasteiger partial charge in [0.15, 0.2) is 10.3 Å². The molecule has 0 saturated heterocycles. The molecule has 6 heteroatoms. The highest BCUT2D eigenvalue weighted by Crippen LogP contribution is 2.25. The number of aryl methyl sites for hydroxylation is 1. The van der Waals surface area contributed by atoms with Crippen LogP contribution in [0.3, 0.4) is 0 Å². The number of aromatic nitrogens is 4. The third-order valence-corrected chi connectivity index (χ3v) is 3.76. The van der Waals surface area contributed by atoms with Crippen LogP contribution in [-0.4, -0.2) is 24.6 Å². The van der Waals surface area contributed by atoms with E-state index in [1.165, 1.54) is 11.8 Å². The quantitative estimate of drug-likeness (QED) is 0.869. The van der Waals surface area contributed by atoms with E-state index in [2.05, 4.69) is 28.8 Å². The van der Waals surface area contributed by atoms with Crippen LogP contribution in [0.4, 0.5) is 0 Å². The first-order chi connectivity index (χ1) is 9.01. The molecule has 102 valence electrons. The van der Waals surface area contributed by atoms with Crippen molar-refractivity contribution in [2.45, 2.75) is 43.6 Å². The van der Waals surface area contributed by atoms with E-state index in [9.17, 15) is 0 Å². The van der Waals surface area contributed by atoms with Gasteiger partial charge in [-0.15, -0.1) is 0 Å². The molecule has 0 fully saturated rings. The third kappa shape index (κ3) is 3.13. The van der Waals surface area contributed by atoms with Crippen molar-refractivity contribution in [3.8, 4) is 0 Å². The number of aliphatic hydroxyl groups is 1. The Morgan fingerprint density at radius 1 is 1.37 bits per heavy atom. The van der Waals surface area contributed by atoms with Gasteiger partial charge in [0, 0.05) is 18.4 Å². The molecule has 0 atom stereocenters. The highest BCUT2D eigenvalue weighted by molar-refractivity contribution is 7.99. The fraction of sp³-hybridized carbons (Fsp3) is 0.462. The van der Waals surface area contributed by atoms with Gasteiger partial charge >= 0.3 is 0 Å². The second-order valence-corrected chi connectivity index (χ2v) is 5.66. The second-order valence-electron chi connectivity index (χ2n) is 4.72. The second kappa shape index (κ2) is 5.71. The summed E-state index contributed by atoms with van der Waals surface area (Å²) in [6.07, 6.45) is 1.67. The molecule has 5 nitrogen and oxygen atoms in total. The van der Waals surface area contributed by atoms with Gasteiger partial charge in [-0.05, 0) is 30.7 Å². The first-order valence-corrected chi connectivity index (χ1v) is 6.97. The zero-order valence-electron chi connectivity index (χ0n) is 11.6. The van der Waals surface area contributed by atoms with E-state index in [1.54, 1.807) is 6.20 Å². The summed E-state index contributed by atoms with van der Waals surface area (Å²) in [6.45, 7) is 6.17. The number of aliphatic hydroxyl groups excluding tert-OH is 1. The van der Waals surface area contributed by atoms with Crippen molar-refractivity contribution in [2.24, 2.45) is 7.05 Å². The lowest BCUT2D eigenvalue weighted by atomic mass is 10.1. The van der Waals surface area contributed by atoms with E-state index in [4.69, 9.17) is 5.11 Å². The van der Waals surface area contributed by atoms with Crippen molar-refractivity contribution in [3.05, 3.63) is 29.3 Å². The van der Waals surface area contributed by atoms with Gasteiger partial charge in [0.25, 0.3) is 0 Å². The molecule has 2 heterocycles. The summed E-state index contributed by atoms with van der Waals surface area (Å²) in [7, 11) is 1.88. The summed E-state index contributed by atoms with van der Waals surface area (Å²) in [4.78, 5) is 13.2. The number of imidazole rings is 1. The largest absolute Gasteiger partial charge is 0.390 e. The lowest BCUT2D eigenvalue weighted by Gasteiger charge is -2.08. The lowest BCUT2D eigenvalue weighted by Crippen LogP contribution is -2.01. The lowest BCUT2D eigenvalue weighted by molar-refractivity contribution is 0.271. The van der Waals surface area contributed by atoms with Crippen LogP contribution in [0.2, 0.25) is 0 Å². The van der Waals surface area contributed by atoms with Crippen LogP contribution in [0.15, 0.2) is 22.6 Å². The Bertz CT molecular complexity index is 580. The average molecular weight is 278 g/mol. The molecule has 0 aliphatic carbocycles. The van der Waals surface area contributed by atoms with Crippen LogP contribution in [0, 0.1) is 6.92 Å². The summed E-state index contributed by atoms with van der Waals surface area (Å²) in [5.74, 6) is 0.371. The fourth-order valence-electron chi connectivity index (χ4n) is 1.66. The summed E-state index contributed by atoms with van der Waals surface area (Å²) in [6, 6.07) is 2.01. The number of hydrogen-bond acceptors (Lipinski definition) is 5. The topological polar surface area (TPSA) is 63.8 Å². The minimum Gasteiger partial charge on any atom is -0.390 e. The standard InChI is InChI=1S/C13H18N4OS/c1-8(2)11-5-9(3)15-12(16-11)19-13-14-6-10(7-18)17(13)4/h5-6,8,18H,7H2,1-4H3. The van der Waals surface area contributed by atoms with E-state index < -0.39 is 0 Å². The van der Waals surface area contributed by atoms with E-state index in [-0.39, 0.29) is 6.61 Å². The van der Waals surface area contributed by atoms with Gasteiger partial charge in [0.2, 0.25) is 0 Å². The number of hydrogen-bond donors (Lipinski definition) is 1. The number of nitrogens with zero attached hydrogens (tertiary/aromatic N) is 4. The molecule has 1 N–H and O–H groups in total. The third-order valence-electron chi connectivity index (χ3n) is 2.83. The van der Waals surface area contributed by atoms with Crippen LogP contribution in [-0.2, 0) is 13.7 Å². The number of rotatable bonds is 4. The average Bonchev–Trinajstić information content (AvgIpc) is 2.70. The molecule has 19 heavy (non-hydrogen) atoms. The molecule has 0 amide bonds. The Morgan fingerprint density at radius 3 is 2.68 bits per heavy atom. The van der Waals surface area contributed by atoms with Crippen LogP contribution in [0.1, 0.15) is 36.8 Å². The van der Waals surface area contributed by atoms with Gasteiger partial charge in [0.1, 0.15) is 0 Å².